The Hall–Kier alpha value is -1.62. The van der Waals surface area contributed by atoms with E-state index in [4.69, 9.17) is 10.6 Å². The van der Waals surface area contributed by atoms with Crippen LogP contribution in [-0.4, -0.2) is 17.5 Å². The number of hydrogen-bond donors (Lipinski definition) is 2. The molecule has 0 fully saturated rings. The lowest BCUT2D eigenvalue weighted by atomic mass is 10.3. The number of nitrogens with two attached hydrogens (primary N) is 1. The van der Waals surface area contributed by atoms with E-state index in [2.05, 4.69) is 4.98 Å². The van der Waals surface area contributed by atoms with E-state index < -0.39 is 0 Å². The summed E-state index contributed by atoms with van der Waals surface area (Å²) in [7, 11) is 0. The summed E-state index contributed by atoms with van der Waals surface area (Å²) in [5.41, 5.74) is 2.84. The number of hydrogen-bond acceptors (Lipinski definition) is 4. The molecule has 0 atom stereocenters. The zero-order chi connectivity index (χ0) is 10.4. The van der Waals surface area contributed by atoms with Gasteiger partial charge in [-0.15, -0.1) is 0 Å². The molecule has 5 nitrogen and oxygen atoms in total. The van der Waals surface area contributed by atoms with Gasteiger partial charge in [-0.1, -0.05) is 0 Å². The second-order valence-electron chi connectivity index (χ2n) is 2.75. The molecule has 0 saturated carbocycles. The third-order valence-corrected chi connectivity index (χ3v) is 1.71. The highest BCUT2D eigenvalue weighted by Crippen LogP contribution is 2.13. The summed E-state index contributed by atoms with van der Waals surface area (Å²) in [6, 6.07) is 3.59. The maximum atomic E-state index is 10.8. The van der Waals surface area contributed by atoms with Crippen molar-refractivity contribution in [3.63, 3.8) is 0 Å². The van der Waals surface area contributed by atoms with Gasteiger partial charge < -0.3 is 4.74 Å². The number of nitrogens with one attached hydrogen (secondary N) is 1. The van der Waals surface area contributed by atoms with Crippen molar-refractivity contribution in [1.29, 1.82) is 0 Å². The number of carbonyl (C=O) groups excluding carboxylic acids is 1. The molecule has 1 aromatic heterocycles. The van der Waals surface area contributed by atoms with Crippen molar-refractivity contribution in [3.8, 4) is 5.75 Å². The van der Waals surface area contributed by atoms with Crippen LogP contribution in [0.5, 0.6) is 5.75 Å². The molecule has 1 aromatic rings. The van der Waals surface area contributed by atoms with Gasteiger partial charge in [0.15, 0.2) is 0 Å². The van der Waals surface area contributed by atoms with Gasteiger partial charge in [0.1, 0.15) is 5.75 Å². The Labute approximate surface area is 82.2 Å². The average molecular weight is 195 g/mol. The van der Waals surface area contributed by atoms with Crippen molar-refractivity contribution in [1.82, 2.24) is 10.4 Å². The van der Waals surface area contributed by atoms with Gasteiger partial charge in [-0.2, -0.15) is 0 Å². The maximum Gasteiger partial charge on any atom is 0.237 e. The minimum atomic E-state index is -0.244. The molecule has 0 spiro atoms. The van der Waals surface area contributed by atoms with Crippen LogP contribution in [0.1, 0.15) is 12.1 Å². The minimum absolute atomic E-state index is 0.241. The average Bonchev–Trinajstić information content (AvgIpc) is 2.20. The van der Waals surface area contributed by atoms with E-state index in [0.29, 0.717) is 12.4 Å². The van der Waals surface area contributed by atoms with Crippen LogP contribution in [0.2, 0.25) is 0 Å². The number of nitrogens with zero attached hydrogens (tertiary/aromatic N) is 1. The van der Waals surface area contributed by atoms with E-state index in [1.807, 2.05) is 18.4 Å². The first-order valence-electron chi connectivity index (χ1n) is 4.28. The molecule has 0 aliphatic carbocycles. The summed E-state index contributed by atoms with van der Waals surface area (Å²) >= 11 is 0. The van der Waals surface area contributed by atoms with Crippen LogP contribution in [0.4, 0.5) is 0 Å². The lowest BCUT2D eigenvalue weighted by Gasteiger charge is -2.06. The minimum Gasteiger partial charge on any atom is -0.491 e. The number of aromatic nitrogens is 1. The molecule has 76 valence electrons. The highest BCUT2D eigenvalue weighted by molar-refractivity contribution is 5.75. The van der Waals surface area contributed by atoms with Crippen molar-refractivity contribution in [2.24, 2.45) is 5.84 Å². The Morgan fingerprint density at radius 2 is 2.50 bits per heavy atom. The van der Waals surface area contributed by atoms with Crippen LogP contribution in [-0.2, 0) is 4.79 Å². The standard InChI is InChI=1S/C9H13N3O2/c1-7-8(3-2-5-11-7)14-6-4-9(13)12-10/h2-3,5H,4,6,10H2,1H3,(H,12,13). The van der Waals surface area contributed by atoms with Crippen molar-refractivity contribution in [2.45, 2.75) is 13.3 Å². The van der Waals surface area contributed by atoms with E-state index >= 15 is 0 Å². The second-order valence-corrected chi connectivity index (χ2v) is 2.75. The van der Waals surface area contributed by atoms with Crippen LogP contribution >= 0.6 is 0 Å². The van der Waals surface area contributed by atoms with Gasteiger partial charge in [0.2, 0.25) is 5.91 Å². The van der Waals surface area contributed by atoms with E-state index in [9.17, 15) is 4.79 Å². The lowest BCUT2D eigenvalue weighted by Crippen LogP contribution is -2.31. The number of rotatable bonds is 4. The molecular formula is C9H13N3O2. The van der Waals surface area contributed by atoms with Crippen LogP contribution in [0.3, 0.4) is 0 Å². The zero-order valence-electron chi connectivity index (χ0n) is 7.99. The number of carbonyl (C=O) groups is 1. The van der Waals surface area contributed by atoms with Gasteiger partial charge in [-0.05, 0) is 19.1 Å². The monoisotopic (exact) mass is 195 g/mol. The smallest absolute Gasteiger partial charge is 0.237 e. The summed E-state index contributed by atoms with van der Waals surface area (Å²) < 4.78 is 5.33. The summed E-state index contributed by atoms with van der Waals surface area (Å²) in [6.07, 6.45) is 1.93. The summed E-state index contributed by atoms with van der Waals surface area (Å²) in [5.74, 6) is 5.36. The largest absolute Gasteiger partial charge is 0.491 e. The fraction of sp³-hybridized carbons (Fsp3) is 0.333. The molecule has 0 aromatic carbocycles. The molecule has 5 heteroatoms. The fourth-order valence-corrected chi connectivity index (χ4v) is 0.948. The predicted molar refractivity (Wildman–Crippen MR) is 51.4 cm³/mol. The van der Waals surface area contributed by atoms with Gasteiger partial charge >= 0.3 is 0 Å². The topological polar surface area (TPSA) is 77.2 Å². The Morgan fingerprint density at radius 1 is 1.71 bits per heavy atom. The molecule has 1 amide bonds. The molecular weight excluding hydrogens is 182 g/mol. The van der Waals surface area contributed by atoms with E-state index in [1.165, 1.54) is 0 Å². The first-order chi connectivity index (χ1) is 6.74. The molecule has 0 bridgehead atoms. The molecule has 0 unspecified atom stereocenters. The maximum absolute atomic E-state index is 10.8. The Balaban J connectivity index is 2.39. The predicted octanol–water partition coefficient (Wildman–Crippen LogP) is 0.149. The number of pyridine rings is 1. The van der Waals surface area contributed by atoms with Gasteiger partial charge in [0.05, 0.1) is 18.7 Å². The quantitative estimate of drug-likeness (QED) is 0.407. The molecule has 14 heavy (non-hydrogen) atoms. The van der Waals surface area contributed by atoms with Crippen LogP contribution in [0.25, 0.3) is 0 Å². The molecule has 0 saturated heterocycles. The highest BCUT2D eigenvalue weighted by Gasteiger charge is 2.01. The van der Waals surface area contributed by atoms with Gasteiger partial charge in [-0.25, -0.2) is 5.84 Å². The molecule has 0 aliphatic heterocycles. The van der Waals surface area contributed by atoms with Crippen LogP contribution < -0.4 is 16.0 Å². The first-order valence-corrected chi connectivity index (χ1v) is 4.28. The van der Waals surface area contributed by atoms with Crippen LogP contribution in [0, 0.1) is 6.92 Å². The summed E-state index contributed by atoms with van der Waals surface area (Å²) in [5, 5.41) is 0. The lowest BCUT2D eigenvalue weighted by molar-refractivity contribution is -0.121. The van der Waals surface area contributed by atoms with Gasteiger partial charge in [0, 0.05) is 6.20 Å². The number of amides is 1. The van der Waals surface area contributed by atoms with E-state index in [-0.39, 0.29) is 12.3 Å². The molecule has 1 heterocycles. The second kappa shape index (κ2) is 5.18. The number of aryl methyl sites for hydroxylation is 1. The van der Waals surface area contributed by atoms with E-state index in [1.54, 1.807) is 12.3 Å². The van der Waals surface area contributed by atoms with E-state index in [0.717, 1.165) is 5.69 Å². The van der Waals surface area contributed by atoms with Crippen LogP contribution in [0.15, 0.2) is 18.3 Å². The van der Waals surface area contributed by atoms with Crippen molar-refractivity contribution < 1.29 is 9.53 Å². The Kier molecular flexibility index (Phi) is 3.87. The fourth-order valence-electron chi connectivity index (χ4n) is 0.948. The third kappa shape index (κ3) is 3.02. The molecule has 3 N–H and O–H groups in total. The van der Waals surface area contributed by atoms with Crippen molar-refractivity contribution in [2.75, 3.05) is 6.61 Å². The molecule has 0 radical (unpaired) electrons. The summed E-state index contributed by atoms with van der Waals surface area (Å²) in [4.78, 5) is 14.8. The molecule has 0 aliphatic rings. The normalized spacial score (nSPS) is 9.57. The van der Waals surface area contributed by atoms with Crippen molar-refractivity contribution >= 4 is 5.91 Å². The van der Waals surface area contributed by atoms with Gasteiger partial charge in [-0.3, -0.25) is 15.2 Å². The zero-order valence-corrected chi connectivity index (χ0v) is 7.99. The Morgan fingerprint density at radius 3 is 3.14 bits per heavy atom. The summed E-state index contributed by atoms with van der Waals surface area (Å²) in [6.45, 7) is 2.15. The third-order valence-electron chi connectivity index (χ3n) is 1.71. The van der Waals surface area contributed by atoms with Gasteiger partial charge in [0.25, 0.3) is 0 Å². The SMILES string of the molecule is Cc1ncccc1OCCC(=O)NN. The Bertz CT molecular complexity index is 315. The first kappa shape index (κ1) is 10.5. The molecule has 1 rings (SSSR count). The number of hydrazine groups is 1. The van der Waals surface area contributed by atoms with Crippen molar-refractivity contribution in [3.05, 3.63) is 24.0 Å². The highest BCUT2D eigenvalue weighted by atomic mass is 16.5. The number of ether oxygens (including phenoxy) is 1.